The Balaban J connectivity index is 2.48. The predicted octanol–water partition coefficient (Wildman–Crippen LogP) is 1.19. The molecule has 0 aliphatic carbocycles. The molecular weight excluding hydrogens is 210 g/mol. The lowest BCUT2D eigenvalue weighted by Gasteiger charge is -2.24. The maximum Gasteiger partial charge on any atom is 0.340 e. The first kappa shape index (κ1) is 10.5. The fourth-order valence-electron chi connectivity index (χ4n) is 1.52. The minimum atomic E-state index is -0.474. The van der Waals surface area contributed by atoms with E-state index in [4.69, 9.17) is 4.74 Å². The highest BCUT2D eigenvalue weighted by molar-refractivity contribution is 6.00. The number of esters is 2. The maximum atomic E-state index is 11.5. The smallest absolute Gasteiger partial charge is 0.340 e. The van der Waals surface area contributed by atoms with Gasteiger partial charge in [0.1, 0.15) is 6.04 Å². The van der Waals surface area contributed by atoms with Crippen molar-refractivity contribution in [3.05, 3.63) is 23.8 Å². The van der Waals surface area contributed by atoms with Crippen LogP contribution in [0, 0.1) is 0 Å². The molecular formula is C11H11NO4. The third-order valence-electron chi connectivity index (χ3n) is 2.36. The average Bonchev–Trinajstić information content (AvgIpc) is 2.29. The number of carbonyl (C=O) groups is 2. The molecule has 0 radical (unpaired) electrons. The first-order valence-corrected chi connectivity index (χ1v) is 4.83. The summed E-state index contributed by atoms with van der Waals surface area (Å²) in [5.74, 6) is -0.477. The van der Waals surface area contributed by atoms with Crippen molar-refractivity contribution in [3.63, 3.8) is 0 Å². The highest BCUT2D eigenvalue weighted by atomic mass is 16.5. The Labute approximate surface area is 92.4 Å². The van der Waals surface area contributed by atoms with Crippen molar-refractivity contribution in [2.45, 2.75) is 13.0 Å². The topological polar surface area (TPSA) is 64.6 Å². The van der Waals surface area contributed by atoms with Gasteiger partial charge in [-0.2, -0.15) is 0 Å². The largest absolute Gasteiger partial charge is 0.465 e. The molecule has 84 valence electrons. The van der Waals surface area contributed by atoms with Crippen molar-refractivity contribution in [2.75, 3.05) is 12.4 Å². The van der Waals surface area contributed by atoms with Crippen molar-refractivity contribution < 1.29 is 19.1 Å². The molecule has 0 bridgehead atoms. The van der Waals surface area contributed by atoms with Crippen molar-refractivity contribution in [1.82, 2.24) is 0 Å². The van der Waals surface area contributed by atoms with Gasteiger partial charge >= 0.3 is 11.9 Å². The summed E-state index contributed by atoms with van der Waals surface area (Å²) >= 11 is 0. The number of rotatable bonds is 1. The predicted molar refractivity (Wildman–Crippen MR) is 56.5 cm³/mol. The Morgan fingerprint density at radius 3 is 2.94 bits per heavy atom. The van der Waals surface area contributed by atoms with Gasteiger partial charge in [0.15, 0.2) is 5.75 Å². The van der Waals surface area contributed by atoms with Gasteiger partial charge in [-0.25, -0.2) is 9.59 Å². The van der Waals surface area contributed by atoms with Crippen LogP contribution in [0.3, 0.4) is 0 Å². The van der Waals surface area contributed by atoms with Gasteiger partial charge in [-0.3, -0.25) is 0 Å². The summed E-state index contributed by atoms with van der Waals surface area (Å²) in [6.07, 6.45) is 0. The zero-order chi connectivity index (χ0) is 11.7. The van der Waals surface area contributed by atoms with Gasteiger partial charge in [0, 0.05) is 0 Å². The van der Waals surface area contributed by atoms with Crippen LogP contribution in [0.4, 0.5) is 5.69 Å². The summed E-state index contributed by atoms with van der Waals surface area (Å²) in [4.78, 5) is 22.8. The minimum absolute atomic E-state index is 0.353. The number of benzene rings is 1. The summed E-state index contributed by atoms with van der Waals surface area (Å²) in [5.41, 5.74) is 0.862. The van der Waals surface area contributed by atoms with E-state index < -0.39 is 12.0 Å². The van der Waals surface area contributed by atoms with Gasteiger partial charge in [0.25, 0.3) is 0 Å². The second-order valence-corrected chi connectivity index (χ2v) is 3.46. The van der Waals surface area contributed by atoms with Crippen LogP contribution in [-0.4, -0.2) is 25.1 Å². The molecule has 1 aliphatic rings. The van der Waals surface area contributed by atoms with Crippen LogP contribution in [0.1, 0.15) is 17.3 Å². The molecule has 0 saturated heterocycles. The Morgan fingerprint density at radius 1 is 1.50 bits per heavy atom. The molecule has 5 nitrogen and oxygen atoms in total. The average molecular weight is 221 g/mol. The van der Waals surface area contributed by atoms with Crippen LogP contribution in [0.15, 0.2) is 18.2 Å². The summed E-state index contributed by atoms with van der Waals surface area (Å²) in [6, 6.07) is 4.40. The Hall–Kier alpha value is -2.04. The lowest BCUT2D eigenvalue weighted by Crippen LogP contribution is -2.35. The Morgan fingerprint density at radius 2 is 2.25 bits per heavy atom. The summed E-state index contributed by atoms with van der Waals surface area (Å²) in [5, 5.41) is 2.92. The molecule has 0 fully saturated rings. The van der Waals surface area contributed by atoms with Gasteiger partial charge in [-0.05, 0) is 19.1 Å². The third kappa shape index (κ3) is 1.60. The zero-order valence-corrected chi connectivity index (χ0v) is 8.94. The number of anilines is 1. The SMILES string of the molecule is COC(=O)c1cccc2c1NC(C)C(=O)O2. The molecule has 1 atom stereocenters. The van der Waals surface area contributed by atoms with Crippen LogP contribution < -0.4 is 10.1 Å². The molecule has 1 aliphatic heterocycles. The van der Waals surface area contributed by atoms with Crippen molar-refractivity contribution in [2.24, 2.45) is 0 Å². The number of para-hydroxylation sites is 1. The molecule has 16 heavy (non-hydrogen) atoms. The monoisotopic (exact) mass is 221 g/mol. The van der Waals surface area contributed by atoms with E-state index in [9.17, 15) is 9.59 Å². The normalized spacial score (nSPS) is 18.1. The van der Waals surface area contributed by atoms with E-state index in [1.165, 1.54) is 7.11 Å². The van der Waals surface area contributed by atoms with E-state index in [0.717, 1.165) is 0 Å². The summed E-state index contributed by atoms with van der Waals surface area (Å²) in [7, 11) is 1.31. The molecule has 0 saturated carbocycles. The fraction of sp³-hybridized carbons (Fsp3) is 0.273. The van der Waals surface area contributed by atoms with Crippen molar-refractivity contribution in [1.29, 1.82) is 0 Å². The molecule has 1 N–H and O–H groups in total. The van der Waals surface area contributed by atoms with Gasteiger partial charge in [0.2, 0.25) is 0 Å². The molecule has 0 amide bonds. The molecule has 2 rings (SSSR count). The first-order chi connectivity index (χ1) is 7.63. The van der Waals surface area contributed by atoms with Gasteiger partial charge in [-0.15, -0.1) is 0 Å². The third-order valence-corrected chi connectivity index (χ3v) is 2.36. The highest BCUT2D eigenvalue weighted by Crippen LogP contribution is 2.32. The van der Waals surface area contributed by atoms with Crippen molar-refractivity contribution >= 4 is 17.6 Å². The fourth-order valence-corrected chi connectivity index (χ4v) is 1.52. The number of hydrogen-bond donors (Lipinski definition) is 1. The molecule has 1 unspecified atom stereocenters. The molecule has 1 aromatic carbocycles. The van der Waals surface area contributed by atoms with Gasteiger partial charge < -0.3 is 14.8 Å². The molecule has 1 aromatic rings. The van der Waals surface area contributed by atoms with E-state index in [1.54, 1.807) is 25.1 Å². The minimum Gasteiger partial charge on any atom is -0.465 e. The standard InChI is InChI=1S/C11H11NO4/c1-6-10(13)16-8-5-3-4-7(9(8)12-6)11(14)15-2/h3-6,12H,1-2H3. The van der Waals surface area contributed by atoms with Crippen LogP contribution in [0.2, 0.25) is 0 Å². The lowest BCUT2D eigenvalue weighted by molar-refractivity contribution is -0.135. The van der Waals surface area contributed by atoms with E-state index in [-0.39, 0.29) is 5.97 Å². The van der Waals surface area contributed by atoms with Crippen LogP contribution >= 0.6 is 0 Å². The number of nitrogens with one attached hydrogen (secondary N) is 1. The second kappa shape index (κ2) is 3.84. The molecule has 0 spiro atoms. The molecule has 0 aromatic heterocycles. The summed E-state index contributed by atoms with van der Waals surface area (Å²) in [6.45, 7) is 1.67. The van der Waals surface area contributed by atoms with Crippen LogP contribution in [-0.2, 0) is 9.53 Å². The quantitative estimate of drug-likeness (QED) is 0.570. The lowest BCUT2D eigenvalue weighted by atomic mass is 10.1. The summed E-state index contributed by atoms with van der Waals surface area (Å²) < 4.78 is 9.72. The number of hydrogen-bond acceptors (Lipinski definition) is 5. The number of carbonyl (C=O) groups excluding carboxylic acids is 2. The Bertz CT molecular complexity index is 455. The van der Waals surface area contributed by atoms with E-state index in [2.05, 4.69) is 10.1 Å². The van der Waals surface area contributed by atoms with Crippen molar-refractivity contribution in [3.8, 4) is 5.75 Å². The number of fused-ring (bicyclic) bond motifs is 1. The van der Waals surface area contributed by atoms with E-state index in [0.29, 0.717) is 17.0 Å². The van der Waals surface area contributed by atoms with Crippen LogP contribution in [0.25, 0.3) is 0 Å². The van der Waals surface area contributed by atoms with E-state index in [1.807, 2.05) is 0 Å². The van der Waals surface area contributed by atoms with Crippen LogP contribution in [0.5, 0.6) is 5.75 Å². The highest BCUT2D eigenvalue weighted by Gasteiger charge is 2.27. The second-order valence-electron chi connectivity index (χ2n) is 3.46. The molecule has 5 heteroatoms. The van der Waals surface area contributed by atoms with Gasteiger partial charge in [-0.1, -0.05) is 6.07 Å². The Kier molecular flexibility index (Phi) is 2.52. The van der Waals surface area contributed by atoms with E-state index >= 15 is 0 Å². The maximum absolute atomic E-state index is 11.5. The zero-order valence-electron chi connectivity index (χ0n) is 8.94. The molecule has 1 heterocycles. The first-order valence-electron chi connectivity index (χ1n) is 4.83. The number of ether oxygens (including phenoxy) is 2. The number of methoxy groups -OCH3 is 1. The van der Waals surface area contributed by atoms with Gasteiger partial charge in [0.05, 0.1) is 18.4 Å².